The first kappa shape index (κ1) is 14.0. The van der Waals surface area contributed by atoms with Crippen molar-refractivity contribution in [1.29, 1.82) is 0 Å². The van der Waals surface area contributed by atoms with Gasteiger partial charge in [-0.1, -0.05) is 22.9 Å². The van der Waals surface area contributed by atoms with Gasteiger partial charge in [0.15, 0.2) is 5.03 Å². The van der Waals surface area contributed by atoms with Gasteiger partial charge in [0.25, 0.3) is 10.0 Å². The van der Waals surface area contributed by atoms with Crippen LogP contribution >= 0.6 is 15.9 Å². The first-order valence-electron chi connectivity index (χ1n) is 6.18. The van der Waals surface area contributed by atoms with Crippen molar-refractivity contribution in [3.63, 3.8) is 0 Å². The Hall–Kier alpha value is -0.400. The van der Waals surface area contributed by atoms with Crippen LogP contribution in [0.15, 0.2) is 11.2 Å². The molecule has 1 fully saturated rings. The van der Waals surface area contributed by atoms with Crippen LogP contribution < -0.4 is 0 Å². The summed E-state index contributed by atoms with van der Waals surface area (Å²) in [4.78, 5) is 6.95. The number of sulfonamides is 1. The molecular weight excluding hydrogens is 318 g/mol. The van der Waals surface area contributed by atoms with Crippen molar-refractivity contribution in [3.8, 4) is 0 Å². The molecule has 1 saturated heterocycles. The minimum atomic E-state index is -3.40. The van der Waals surface area contributed by atoms with E-state index >= 15 is 0 Å². The largest absolute Gasteiger partial charge is 0.332 e. The second-order valence-corrected chi connectivity index (χ2v) is 7.13. The highest BCUT2D eigenvalue weighted by molar-refractivity contribution is 9.09. The molecule has 102 valence electrons. The molecule has 1 aromatic heterocycles. The van der Waals surface area contributed by atoms with Crippen LogP contribution in [0.2, 0.25) is 0 Å². The number of piperidine rings is 1. The zero-order valence-corrected chi connectivity index (χ0v) is 12.8. The van der Waals surface area contributed by atoms with Gasteiger partial charge in [-0.15, -0.1) is 0 Å². The SMILES string of the molecule is CCc1ncc(S(=O)(=O)N2CCCC(CBr)C2)[nH]1. The maximum absolute atomic E-state index is 12.4. The van der Waals surface area contributed by atoms with Gasteiger partial charge < -0.3 is 4.98 Å². The first-order chi connectivity index (χ1) is 8.57. The molecule has 0 radical (unpaired) electrons. The number of H-pyrrole nitrogens is 1. The van der Waals surface area contributed by atoms with Crippen molar-refractivity contribution in [2.75, 3.05) is 18.4 Å². The van der Waals surface area contributed by atoms with Gasteiger partial charge in [0.1, 0.15) is 5.82 Å². The molecule has 18 heavy (non-hydrogen) atoms. The van der Waals surface area contributed by atoms with Crippen molar-refractivity contribution in [2.45, 2.75) is 31.2 Å². The molecule has 1 N–H and O–H groups in total. The number of hydrogen-bond donors (Lipinski definition) is 1. The van der Waals surface area contributed by atoms with Crippen molar-refractivity contribution >= 4 is 26.0 Å². The lowest BCUT2D eigenvalue weighted by molar-refractivity contribution is 0.285. The summed E-state index contributed by atoms with van der Waals surface area (Å²) in [5, 5.41) is 1.07. The van der Waals surface area contributed by atoms with E-state index in [1.54, 1.807) is 4.31 Å². The summed E-state index contributed by atoms with van der Waals surface area (Å²) >= 11 is 3.44. The van der Waals surface area contributed by atoms with Gasteiger partial charge in [0.05, 0.1) is 6.20 Å². The first-order valence-corrected chi connectivity index (χ1v) is 8.74. The van der Waals surface area contributed by atoms with Crippen LogP contribution in [0, 0.1) is 5.92 Å². The Bertz CT molecular complexity index is 500. The second-order valence-electron chi connectivity index (χ2n) is 4.57. The number of rotatable bonds is 4. The summed E-state index contributed by atoms with van der Waals surface area (Å²) in [6, 6.07) is 0. The van der Waals surface area contributed by atoms with Crippen LogP contribution in [0.1, 0.15) is 25.6 Å². The third-order valence-electron chi connectivity index (χ3n) is 3.26. The Morgan fingerprint density at radius 2 is 2.39 bits per heavy atom. The van der Waals surface area contributed by atoms with Gasteiger partial charge in [0, 0.05) is 24.8 Å². The van der Waals surface area contributed by atoms with Crippen LogP contribution in [0.5, 0.6) is 0 Å². The van der Waals surface area contributed by atoms with Crippen LogP contribution in [-0.2, 0) is 16.4 Å². The third-order valence-corrected chi connectivity index (χ3v) is 5.95. The fourth-order valence-electron chi connectivity index (χ4n) is 2.16. The lowest BCUT2D eigenvalue weighted by Crippen LogP contribution is -2.40. The van der Waals surface area contributed by atoms with E-state index in [1.165, 1.54) is 6.20 Å². The second kappa shape index (κ2) is 5.71. The number of imidazole rings is 1. The maximum Gasteiger partial charge on any atom is 0.260 e. The van der Waals surface area contributed by atoms with Crippen LogP contribution in [-0.4, -0.2) is 41.1 Å². The predicted molar refractivity (Wildman–Crippen MR) is 73.2 cm³/mol. The normalized spacial score (nSPS) is 22.2. The molecule has 0 saturated carbocycles. The lowest BCUT2D eigenvalue weighted by Gasteiger charge is -2.30. The topological polar surface area (TPSA) is 66.1 Å². The Morgan fingerprint density at radius 3 is 3.00 bits per heavy atom. The minimum Gasteiger partial charge on any atom is -0.332 e. The Kier molecular flexibility index (Phi) is 4.45. The van der Waals surface area contributed by atoms with Gasteiger partial charge in [-0.25, -0.2) is 13.4 Å². The number of nitrogens with zero attached hydrogens (tertiary/aromatic N) is 2. The van der Waals surface area contributed by atoms with Gasteiger partial charge >= 0.3 is 0 Å². The zero-order chi connectivity index (χ0) is 13.2. The summed E-state index contributed by atoms with van der Waals surface area (Å²) in [7, 11) is -3.40. The zero-order valence-electron chi connectivity index (χ0n) is 10.4. The number of aromatic nitrogens is 2. The minimum absolute atomic E-state index is 0.217. The summed E-state index contributed by atoms with van der Waals surface area (Å²) in [5.41, 5.74) is 0. The van der Waals surface area contributed by atoms with Gasteiger partial charge in [-0.2, -0.15) is 4.31 Å². The molecule has 2 rings (SSSR count). The molecule has 0 spiro atoms. The quantitative estimate of drug-likeness (QED) is 0.852. The maximum atomic E-state index is 12.4. The Labute approximate surface area is 116 Å². The average Bonchev–Trinajstić information content (AvgIpc) is 2.88. The summed E-state index contributed by atoms with van der Waals surface area (Å²) in [6.45, 7) is 3.14. The van der Waals surface area contributed by atoms with Crippen LogP contribution in [0.4, 0.5) is 0 Å². The van der Waals surface area contributed by atoms with Crippen LogP contribution in [0.3, 0.4) is 0 Å². The van der Waals surface area contributed by atoms with E-state index < -0.39 is 10.0 Å². The summed E-state index contributed by atoms with van der Waals surface area (Å²) < 4.78 is 26.4. The smallest absolute Gasteiger partial charge is 0.260 e. The van der Waals surface area contributed by atoms with E-state index in [1.807, 2.05) is 6.92 Å². The number of aromatic amines is 1. The molecule has 0 amide bonds. The van der Waals surface area contributed by atoms with Gasteiger partial charge in [-0.3, -0.25) is 0 Å². The molecule has 7 heteroatoms. The van der Waals surface area contributed by atoms with Crippen molar-refractivity contribution in [3.05, 3.63) is 12.0 Å². The van der Waals surface area contributed by atoms with E-state index in [4.69, 9.17) is 0 Å². The van der Waals surface area contributed by atoms with Gasteiger partial charge in [0.2, 0.25) is 0 Å². The molecule has 0 aromatic carbocycles. The highest BCUT2D eigenvalue weighted by atomic mass is 79.9. The van der Waals surface area contributed by atoms with Gasteiger partial charge in [-0.05, 0) is 18.8 Å². The Morgan fingerprint density at radius 1 is 1.61 bits per heavy atom. The monoisotopic (exact) mass is 335 g/mol. The molecule has 1 unspecified atom stereocenters. The average molecular weight is 336 g/mol. The van der Waals surface area contributed by atoms with E-state index in [0.29, 0.717) is 31.3 Å². The number of nitrogens with one attached hydrogen (secondary N) is 1. The molecule has 5 nitrogen and oxygen atoms in total. The lowest BCUT2D eigenvalue weighted by atomic mass is 10.0. The summed E-state index contributed by atoms with van der Waals surface area (Å²) in [6.07, 6.45) is 4.14. The molecule has 2 heterocycles. The van der Waals surface area contributed by atoms with E-state index in [2.05, 4.69) is 25.9 Å². The van der Waals surface area contributed by atoms with E-state index in [-0.39, 0.29) is 5.03 Å². The van der Waals surface area contributed by atoms with Crippen molar-refractivity contribution in [1.82, 2.24) is 14.3 Å². The summed E-state index contributed by atoms with van der Waals surface area (Å²) in [5.74, 6) is 1.12. The standard InChI is InChI=1S/C11H18BrN3O2S/c1-2-10-13-7-11(14-10)18(16,17)15-5-3-4-9(6-12)8-15/h7,9H,2-6,8H2,1H3,(H,13,14). The molecular formula is C11H18BrN3O2S. The van der Waals surface area contributed by atoms with Crippen LogP contribution in [0.25, 0.3) is 0 Å². The molecule has 1 aliphatic rings. The number of aryl methyl sites for hydroxylation is 1. The number of hydrogen-bond acceptors (Lipinski definition) is 3. The van der Waals surface area contributed by atoms with E-state index in [9.17, 15) is 8.42 Å². The highest BCUT2D eigenvalue weighted by Gasteiger charge is 2.30. The Balaban J connectivity index is 2.19. The fraction of sp³-hybridized carbons (Fsp3) is 0.727. The number of alkyl halides is 1. The molecule has 0 aliphatic carbocycles. The van der Waals surface area contributed by atoms with Crippen molar-refractivity contribution < 1.29 is 8.42 Å². The fourth-order valence-corrected chi connectivity index (χ4v) is 4.18. The molecule has 1 atom stereocenters. The molecule has 1 aromatic rings. The number of halogens is 1. The highest BCUT2D eigenvalue weighted by Crippen LogP contribution is 2.23. The van der Waals surface area contributed by atoms with E-state index in [0.717, 1.165) is 18.2 Å². The molecule has 1 aliphatic heterocycles. The predicted octanol–water partition coefficient (Wildman–Crippen LogP) is 1.77. The van der Waals surface area contributed by atoms with Crippen molar-refractivity contribution in [2.24, 2.45) is 5.92 Å². The third kappa shape index (κ3) is 2.78. The molecule has 0 bridgehead atoms.